The van der Waals surface area contributed by atoms with Crippen LogP contribution in [0.15, 0.2) is 29.2 Å². The van der Waals surface area contributed by atoms with Crippen molar-refractivity contribution >= 4 is 40.3 Å². The van der Waals surface area contributed by atoms with Gasteiger partial charge in [-0.15, -0.1) is 0 Å². The molecule has 1 aromatic carbocycles. The SMILES string of the molecule is CCCOc1ccc(/C=C2\SC(=S)N(C(C)C)C2=O)cc1. The van der Waals surface area contributed by atoms with E-state index in [9.17, 15) is 4.79 Å². The summed E-state index contributed by atoms with van der Waals surface area (Å²) >= 11 is 6.62. The molecule has 2 rings (SSSR count). The van der Waals surface area contributed by atoms with Crippen molar-refractivity contribution in [1.82, 2.24) is 4.90 Å². The molecule has 0 aromatic heterocycles. The fraction of sp³-hybridized carbons (Fsp3) is 0.375. The number of thiocarbonyl (C=S) groups is 1. The average molecular weight is 321 g/mol. The summed E-state index contributed by atoms with van der Waals surface area (Å²) in [6.07, 6.45) is 2.87. The molecule has 1 amide bonds. The molecule has 21 heavy (non-hydrogen) atoms. The van der Waals surface area contributed by atoms with Crippen molar-refractivity contribution in [3.63, 3.8) is 0 Å². The number of hydrogen-bond acceptors (Lipinski definition) is 4. The van der Waals surface area contributed by atoms with E-state index in [0.29, 0.717) is 15.8 Å². The number of thioether (sulfide) groups is 1. The minimum atomic E-state index is -0.00805. The Morgan fingerprint density at radius 3 is 2.52 bits per heavy atom. The standard InChI is InChI=1S/C16H19NO2S2/c1-4-9-19-13-7-5-12(6-8-13)10-14-15(18)17(11(2)3)16(20)21-14/h5-8,10-11H,4,9H2,1-3H3/b14-10-. The lowest BCUT2D eigenvalue weighted by molar-refractivity contribution is -0.123. The van der Waals surface area contributed by atoms with Crippen molar-refractivity contribution in [3.05, 3.63) is 34.7 Å². The van der Waals surface area contributed by atoms with E-state index >= 15 is 0 Å². The van der Waals surface area contributed by atoms with Gasteiger partial charge < -0.3 is 4.74 Å². The Kier molecular flexibility index (Phi) is 5.42. The van der Waals surface area contributed by atoms with Gasteiger partial charge in [-0.25, -0.2) is 0 Å². The zero-order chi connectivity index (χ0) is 15.4. The van der Waals surface area contributed by atoms with Gasteiger partial charge in [0.1, 0.15) is 10.1 Å². The minimum absolute atomic E-state index is 0.00805. The first-order valence-electron chi connectivity index (χ1n) is 7.03. The summed E-state index contributed by atoms with van der Waals surface area (Å²) in [6.45, 7) is 6.72. The Labute approximate surface area is 135 Å². The first-order chi connectivity index (χ1) is 10.0. The summed E-state index contributed by atoms with van der Waals surface area (Å²) in [6, 6.07) is 7.84. The van der Waals surface area contributed by atoms with Crippen molar-refractivity contribution < 1.29 is 9.53 Å². The quantitative estimate of drug-likeness (QED) is 0.603. The third kappa shape index (κ3) is 3.86. The second kappa shape index (κ2) is 7.09. The highest BCUT2D eigenvalue weighted by Crippen LogP contribution is 2.33. The van der Waals surface area contributed by atoms with Gasteiger partial charge in [-0.2, -0.15) is 0 Å². The molecule has 0 aliphatic carbocycles. The van der Waals surface area contributed by atoms with Gasteiger partial charge in [0.25, 0.3) is 5.91 Å². The van der Waals surface area contributed by atoms with Gasteiger partial charge in [-0.3, -0.25) is 9.69 Å². The van der Waals surface area contributed by atoms with Crippen LogP contribution in [0.25, 0.3) is 6.08 Å². The van der Waals surface area contributed by atoms with Crippen molar-refractivity contribution in [1.29, 1.82) is 0 Å². The summed E-state index contributed by atoms with van der Waals surface area (Å²) < 4.78 is 6.17. The van der Waals surface area contributed by atoms with E-state index in [0.717, 1.165) is 17.7 Å². The Hall–Kier alpha value is -1.33. The maximum absolute atomic E-state index is 12.3. The summed E-state index contributed by atoms with van der Waals surface area (Å²) in [5.41, 5.74) is 0.975. The largest absolute Gasteiger partial charge is 0.494 e. The first kappa shape index (κ1) is 16.0. The zero-order valence-corrected chi connectivity index (χ0v) is 14.1. The van der Waals surface area contributed by atoms with Gasteiger partial charge >= 0.3 is 0 Å². The maximum atomic E-state index is 12.3. The van der Waals surface area contributed by atoms with Crippen LogP contribution in [0.2, 0.25) is 0 Å². The number of carbonyl (C=O) groups is 1. The third-order valence-electron chi connectivity index (χ3n) is 2.99. The third-order valence-corrected chi connectivity index (χ3v) is 4.32. The van der Waals surface area contributed by atoms with Crippen molar-refractivity contribution in [2.75, 3.05) is 6.61 Å². The van der Waals surface area contributed by atoms with Crippen LogP contribution < -0.4 is 4.74 Å². The fourth-order valence-electron chi connectivity index (χ4n) is 1.96. The van der Waals surface area contributed by atoms with Gasteiger partial charge in [-0.05, 0) is 44.0 Å². The van der Waals surface area contributed by atoms with Crippen LogP contribution in [0.1, 0.15) is 32.8 Å². The predicted octanol–water partition coefficient (Wildman–Crippen LogP) is 4.09. The second-order valence-corrected chi connectivity index (χ2v) is 6.74. The van der Waals surface area contributed by atoms with E-state index in [-0.39, 0.29) is 11.9 Å². The highest BCUT2D eigenvalue weighted by atomic mass is 32.2. The van der Waals surface area contributed by atoms with Crippen LogP contribution in [0.5, 0.6) is 5.75 Å². The second-order valence-electron chi connectivity index (χ2n) is 5.06. The molecule has 5 heteroatoms. The summed E-state index contributed by atoms with van der Waals surface area (Å²) in [5.74, 6) is 0.843. The lowest BCUT2D eigenvalue weighted by Gasteiger charge is -2.18. The molecule has 1 saturated heterocycles. The van der Waals surface area contributed by atoms with Crippen LogP contribution in [0.3, 0.4) is 0 Å². The molecule has 0 radical (unpaired) electrons. The van der Waals surface area contributed by atoms with Crippen LogP contribution in [-0.2, 0) is 4.79 Å². The van der Waals surface area contributed by atoms with Gasteiger partial charge in [0.05, 0.1) is 11.5 Å². The molecule has 0 spiro atoms. The minimum Gasteiger partial charge on any atom is -0.494 e. The molecule has 1 aromatic rings. The van der Waals surface area contributed by atoms with Gasteiger partial charge in [-0.1, -0.05) is 43.0 Å². The number of rotatable bonds is 5. The van der Waals surface area contributed by atoms with Crippen molar-refractivity contribution in [2.24, 2.45) is 0 Å². The van der Waals surface area contributed by atoms with Crippen LogP contribution in [0, 0.1) is 0 Å². The Morgan fingerprint density at radius 2 is 2.00 bits per heavy atom. The molecule has 1 heterocycles. The summed E-state index contributed by atoms with van der Waals surface area (Å²) in [4.78, 5) is 14.6. The van der Waals surface area contributed by atoms with Crippen LogP contribution in [-0.4, -0.2) is 27.8 Å². The molecular weight excluding hydrogens is 302 g/mol. The molecule has 0 N–H and O–H groups in total. The van der Waals surface area contributed by atoms with Gasteiger partial charge in [0.2, 0.25) is 0 Å². The molecule has 0 saturated carbocycles. The molecule has 1 fully saturated rings. The Morgan fingerprint density at radius 1 is 1.33 bits per heavy atom. The van der Waals surface area contributed by atoms with Crippen LogP contribution >= 0.6 is 24.0 Å². The zero-order valence-electron chi connectivity index (χ0n) is 12.5. The number of carbonyl (C=O) groups excluding carboxylic acids is 1. The molecule has 0 bridgehead atoms. The molecular formula is C16H19NO2S2. The average Bonchev–Trinajstić information content (AvgIpc) is 2.72. The molecule has 1 aliphatic rings. The normalized spacial score (nSPS) is 17.1. The fourth-order valence-corrected chi connectivity index (χ4v) is 3.48. The highest BCUT2D eigenvalue weighted by Gasteiger charge is 2.33. The Balaban J connectivity index is 2.13. The molecule has 1 aliphatic heterocycles. The van der Waals surface area contributed by atoms with E-state index in [1.165, 1.54) is 11.8 Å². The topological polar surface area (TPSA) is 29.5 Å². The lowest BCUT2D eigenvalue weighted by atomic mass is 10.2. The molecule has 112 valence electrons. The highest BCUT2D eigenvalue weighted by molar-refractivity contribution is 8.26. The molecule has 3 nitrogen and oxygen atoms in total. The maximum Gasteiger partial charge on any atom is 0.266 e. The number of hydrogen-bond donors (Lipinski definition) is 0. The number of amides is 1. The first-order valence-corrected chi connectivity index (χ1v) is 8.25. The van der Waals surface area contributed by atoms with E-state index in [2.05, 4.69) is 6.92 Å². The van der Waals surface area contributed by atoms with Gasteiger partial charge in [0.15, 0.2) is 0 Å². The van der Waals surface area contributed by atoms with E-state index in [4.69, 9.17) is 17.0 Å². The number of nitrogens with zero attached hydrogens (tertiary/aromatic N) is 1. The summed E-state index contributed by atoms with van der Waals surface area (Å²) in [7, 11) is 0. The monoisotopic (exact) mass is 321 g/mol. The number of benzene rings is 1. The van der Waals surface area contributed by atoms with Crippen molar-refractivity contribution in [2.45, 2.75) is 33.2 Å². The lowest BCUT2D eigenvalue weighted by Crippen LogP contribution is -2.34. The summed E-state index contributed by atoms with van der Waals surface area (Å²) in [5, 5.41) is 0. The predicted molar refractivity (Wildman–Crippen MR) is 92.4 cm³/mol. The number of ether oxygens (including phenoxy) is 1. The van der Waals surface area contributed by atoms with Crippen molar-refractivity contribution in [3.8, 4) is 5.75 Å². The van der Waals surface area contributed by atoms with E-state index in [1.807, 2.05) is 44.2 Å². The molecule has 0 unspecified atom stereocenters. The Bertz CT molecular complexity index is 564. The van der Waals surface area contributed by atoms with Gasteiger partial charge in [0, 0.05) is 6.04 Å². The van der Waals surface area contributed by atoms with E-state index < -0.39 is 0 Å². The van der Waals surface area contributed by atoms with E-state index in [1.54, 1.807) is 4.90 Å². The smallest absolute Gasteiger partial charge is 0.266 e. The van der Waals surface area contributed by atoms with Crippen LogP contribution in [0.4, 0.5) is 0 Å². The molecule has 0 atom stereocenters.